The fourth-order valence-corrected chi connectivity index (χ4v) is 1.03. The van der Waals surface area contributed by atoms with Crippen molar-refractivity contribution >= 4 is 0 Å². The second-order valence-corrected chi connectivity index (χ2v) is 4.26. The zero-order chi connectivity index (χ0) is 10.6. The minimum Gasteiger partial charge on any atom is -0.390 e. The predicted octanol–water partition coefficient (Wildman–Crippen LogP) is 1.62. The summed E-state index contributed by atoms with van der Waals surface area (Å²) in [4.78, 5) is 10.3. The Balaban J connectivity index is 2.24. The van der Waals surface area contributed by atoms with Crippen molar-refractivity contribution in [3.05, 3.63) is 0 Å². The van der Waals surface area contributed by atoms with Crippen LogP contribution in [-0.4, -0.2) is 29.7 Å². The Hall–Kier alpha value is -0.160. The highest BCUT2D eigenvalue weighted by atomic mass is 18.6. The monoisotopic (exact) mass is 206 g/mol. The molecule has 1 aliphatic rings. The molecule has 0 aromatic carbocycles. The number of aliphatic hydroxyl groups excluding tert-OH is 1. The summed E-state index contributed by atoms with van der Waals surface area (Å²) in [5.41, 5.74) is -0.694. The molecule has 0 spiro atoms. The van der Waals surface area contributed by atoms with E-state index in [2.05, 4.69) is 0 Å². The van der Waals surface area contributed by atoms with E-state index in [4.69, 9.17) is 14.5 Å². The van der Waals surface area contributed by atoms with E-state index in [1.54, 1.807) is 20.8 Å². The Morgan fingerprint density at radius 1 is 1.50 bits per heavy atom. The lowest BCUT2D eigenvalue weighted by Crippen LogP contribution is -2.39. The molecule has 1 saturated heterocycles. The zero-order valence-electron chi connectivity index (χ0n) is 9.16. The molecule has 1 heterocycles. The van der Waals surface area contributed by atoms with Crippen LogP contribution in [-0.2, 0) is 14.5 Å². The Bertz CT molecular complexity index is 162. The predicted molar refractivity (Wildman–Crippen MR) is 51.5 cm³/mol. The van der Waals surface area contributed by atoms with Crippen LogP contribution in [0.25, 0.3) is 0 Å². The van der Waals surface area contributed by atoms with Crippen LogP contribution >= 0.6 is 0 Å². The molecule has 4 nitrogen and oxygen atoms in total. The standard InChI is InChI=1S/C10H20O4/c1-8(11)10(2,3)14-13-9-6-4-5-7-12-9/h8-9,11H,4-7H2,1-3H3/i13+2. The average Bonchev–Trinajstić information content (AvgIpc) is 2.16. The maximum atomic E-state index is 9.36. The highest BCUT2D eigenvalue weighted by Gasteiger charge is 2.28. The summed E-state index contributed by atoms with van der Waals surface area (Å²) in [7, 11) is 0. The van der Waals surface area contributed by atoms with E-state index in [1.807, 2.05) is 0 Å². The van der Waals surface area contributed by atoms with Gasteiger partial charge in [0.05, 0.1) is 6.10 Å². The number of aliphatic hydroxyl groups is 1. The average molecular weight is 206 g/mol. The third kappa shape index (κ3) is 3.53. The van der Waals surface area contributed by atoms with Crippen LogP contribution in [0.4, 0.5) is 0 Å². The van der Waals surface area contributed by atoms with Crippen molar-refractivity contribution in [2.75, 3.05) is 6.61 Å². The van der Waals surface area contributed by atoms with Gasteiger partial charge in [0.25, 0.3) is 0 Å². The van der Waals surface area contributed by atoms with Crippen molar-refractivity contribution in [1.29, 1.82) is 0 Å². The second-order valence-electron chi connectivity index (χ2n) is 4.26. The van der Waals surface area contributed by atoms with Gasteiger partial charge in [-0.3, -0.25) is 0 Å². The van der Waals surface area contributed by atoms with Crippen LogP contribution < -0.4 is 0 Å². The second kappa shape index (κ2) is 5.07. The highest BCUT2D eigenvalue weighted by molar-refractivity contribution is 4.72. The first-order valence-corrected chi connectivity index (χ1v) is 5.16. The molecule has 1 N–H and O–H groups in total. The first-order chi connectivity index (χ1) is 6.52. The van der Waals surface area contributed by atoms with Gasteiger partial charge in [0.2, 0.25) is 0 Å². The molecule has 0 aliphatic carbocycles. The van der Waals surface area contributed by atoms with E-state index in [1.165, 1.54) is 0 Å². The maximum Gasteiger partial charge on any atom is 0.191 e. The summed E-state index contributed by atoms with van der Waals surface area (Å²) < 4.78 is 5.32. The van der Waals surface area contributed by atoms with Gasteiger partial charge in [-0.25, -0.2) is 9.78 Å². The lowest BCUT2D eigenvalue weighted by atomic mass is 10.0. The molecule has 2 unspecified atom stereocenters. The normalized spacial score (nSPS) is 26.1. The molecule has 1 aliphatic heterocycles. The van der Waals surface area contributed by atoms with Crippen molar-refractivity contribution in [3.8, 4) is 0 Å². The lowest BCUT2D eigenvalue weighted by molar-refractivity contribution is -0.432. The first kappa shape index (κ1) is 11.9. The fourth-order valence-electron chi connectivity index (χ4n) is 1.03. The SMILES string of the molecule is CC(O)C(C)(C)O[18O]C1CCCCO1. The molecule has 0 saturated carbocycles. The zero-order valence-corrected chi connectivity index (χ0v) is 9.16. The number of rotatable bonds is 4. The quantitative estimate of drug-likeness (QED) is 0.431. The van der Waals surface area contributed by atoms with Crippen molar-refractivity contribution in [2.24, 2.45) is 0 Å². The van der Waals surface area contributed by atoms with Gasteiger partial charge >= 0.3 is 0 Å². The van der Waals surface area contributed by atoms with E-state index in [9.17, 15) is 5.11 Å². The topological polar surface area (TPSA) is 47.9 Å². The number of hydrogen-bond acceptors (Lipinski definition) is 4. The van der Waals surface area contributed by atoms with Gasteiger partial charge in [-0.1, -0.05) is 0 Å². The first-order valence-electron chi connectivity index (χ1n) is 5.16. The summed E-state index contributed by atoms with van der Waals surface area (Å²) in [5, 5.41) is 9.36. The molecular formula is C10H20O4. The highest BCUT2D eigenvalue weighted by Crippen LogP contribution is 2.20. The molecule has 0 radical (unpaired) electrons. The van der Waals surface area contributed by atoms with Crippen molar-refractivity contribution < 1.29 is 19.6 Å². The van der Waals surface area contributed by atoms with Crippen molar-refractivity contribution in [1.82, 2.24) is 0 Å². The molecule has 2 atom stereocenters. The van der Waals surface area contributed by atoms with Crippen molar-refractivity contribution in [2.45, 2.75) is 58.0 Å². The molecule has 84 valence electrons. The number of ether oxygens (including phenoxy) is 1. The molecule has 0 amide bonds. The Morgan fingerprint density at radius 2 is 2.21 bits per heavy atom. The van der Waals surface area contributed by atoms with Crippen LogP contribution in [0.5, 0.6) is 0 Å². The molecule has 14 heavy (non-hydrogen) atoms. The third-order valence-electron chi connectivity index (χ3n) is 2.51. The third-order valence-corrected chi connectivity index (χ3v) is 2.51. The van der Waals surface area contributed by atoms with Crippen LogP contribution in [0, 0.1) is 0 Å². The van der Waals surface area contributed by atoms with Gasteiger partial charge in [0.15, 0.2) is 6.29 Å². The van der Waals surface area contributed by atoms with E-state index >= 15 is 0 Å². The molecular weight excluding hydrogens is 186 g/mol. The number of hydrogen-bond donors (Lipinski definition) is 1. The van der Waals surface area contributed by atoms with E-state index in [0.717, 1.165) is 25.9 Å². The van der Waals surface area contributed by atoms with Crippen LogP contribution in [0.1, 0.15) is 40.0 Å². The van der Waals surface area contributed by atoms with Crippen LogP contribution in [0.15, 0.2) is 0 Å². The van der Waals surface area contributed by atoms with Gasteiger partial charge in [-0.15, -0.1) is 0 Å². The molecule has 1 rings (SSSR count). The lowest BCUT2D eigenvalue weighted by Gasteiger charge is -2.30. The Morgan fingerprint density at radius 3 is 2.71 bits per heavy atom. The smallest absolute Gasteiger partial charge is 0.191 e. The van der Waals surface area contributed by atoms with Gasteiger partial charge < -0.3 is 9.84 Å². The van der Waals surface area contributed by atoms with Crippen LogP contribution in [0.3, 0.4) is 0 Å². The van der Waals surface area contributed by atoms with Gasteiger partial charge in [0.1, 0.15) is 5.60 Å². The van der Waals surface area contributed by atoms with E-state index in [-0.39, 0.29) is 6.29 Å². The minimum absolute atomic E-state index is 0.276. The van der Waals surface area contributed by atoms with Crippen LogP contribution in [0.2, 0.25) is 0 Å². The van der Waals surface area contributed by atoms with Crippen molar-refractivity contribution in [3.63, 3.8) is 0 Å². The molecule has 4 heteroatoms. The van der Waals surface area contributed by atoms with E-state index in [0.29, 0.717) is 0 Å². The summed E-state index contributed by atoms with van der Waals surface area (Å²) in [6.45, 7) is 5.95. The Kier molecular flexibility index (Phi) is 4.31. The molecule has 0 aromatic heterocycles. The summed E-state index contributed by atoms with van der Waals surface area (Å²) in [5.74, 6) is 0. The fraction of sp³-hybridized carbons (Fsp3) is 1.00. The summed E-state index contributed by atoms with van der Waals surface area (Å²) in [6, 6.07) is 0. The van der Waals surface area contributed by atoms with Gasteiger partial charge in [-0.2, -0.15) is 0 Å². The minimum atomic E-state index is -0.694. The Labute approximate surface area is 85.1 Å². The van der Waals surface area contributed by atoms with Gasteiger partial charge in [-0.05, 0) is 33.6 Å². The summed E-state index contributed by atoms with van der Waals surface area (Å²) >= 11 is 0. The van der Waals surface area contributed by atoms with Gasteiger partial charge in [0, 0.05) is 13.0 Å². The maximum absolute atomic E-state index is 9.36. The molecule has 0 aromatic rings. The van der Waals surface area contributed by atoms with E-state index < -0.39 is 11.7 Å². The largest absolute Gasteiger partial charge is 0.390 e. The molecule has 1 fully saturated rings. The molecule has 0 bridgehead atoms. The summed E-state index contributed by atoms with van der Waals surface area (Å²) in [6.07, 6.45) is 2.19.